The molecule has 0 bridgehead atoms. The van der Waals surface area contributed by atoms with E-state index in [0.29, 0.717) is 17.2 Å². The van der Waals surface area contributed by atoms with Crippen molar-refractivity contribution in [2.75, 3.05) is 0 Å². The minimum absolute atomic E-state index is 0.0370. The third kappa shape index (κ3) is 2.05. The van der Waals surface area contributed by atoms with Crippen molar-refractivity contribution in [3.8, 4) is 0 Å². The molecule has 1 aliphatic rings. The molecule has 104 valence electrons. The summed E-state index contributed by atoms with van der Waals surface area (Å²) in [6.07, 6.45) is 1.43. The van der Waals surface area contributed by atoms with Crippen molar-refractivity contribution < 1.29 is 19.1 Å². The molecule has 2 aromatic rings. The number of aliphatic carboxylic acids is 1. The minimum atomic E-state index is -1.12. The Morgan fingerprint density at radius 1 is 1.45 bits per heavy atom. The van der Waals surface area contributed by atoms with Crippen molar-refractivity contribution in [3.63, 3.8) is 0 Å². The standard InChI is InChI=1S/C11H9FN4O3S/c12-8-2-1-7(20-8)10(17)16-4-9-14-13-5-15(9)3-6(16)11(18)19/h1-2,5-6H,3-4H2,(H,18,19). The molecular weight excluding hydrogens is 287 g/mol. The summed E-state index contributed by atoms with van der Waals surface area (Å²) < 4.78 is 14.6. The van der Waals surface area contributed by atoms with Crippen LogP contribution in [0.15, 0.2) is 18.5 Å². The molecule has 0 spiro atoms. The van der Waals surface area contributed by atoms with Gasteiger partial charge in [0, 0.05) is 0 Å². The van der Waals surface area contributed by atoms with Gasteiger partial charge in [0.15, 0.2) is 11.0 Å². The number of amides is 1. The van der Waals surface area contributed by atoms with E-state index in [4.69, 9.17) is 0 Å². The first-order valence-corrected chi connectivity index (χ1v) is 6.53. The molecule has 1 amide bonds. The average Bonchev–Trinajstić information content (AvgIpc) is 3.04. The molecular formula is C11H9FN4O3S. The zero-order valence-corrected chi connectivity index (χ0v) is 10.9. The van der Waals surface area contributed by atoms with Crippen LogP contribution in [0.25, 0.3) is 0 Å². The lowest BCUT2D eigenvalue weighted by Gasteiger charge is -2.32. The van der Waals surface area contributed by atoms with Crippen LogP contribution < -0.4 is 0 Å². The van der Waals surface area contributed by atoms with Gasteiger partial charge in [-0.25, -0.2) is 4.79 Å². The van der Waals surface area contributed by atoms with Gasteiger partial charge in [-0.05, 0) is 12.1 Å². The Balaban J connectivity index is 1.94. The van der Waals surface area contributed by atoms with Gasteiger partial charge in [-0.2, -0.15) is 4.39 Å². The number of hydrogen-bond acceptors (Lipinski definition) is 5. The first-order valence-electron chi connectivity index (χ1n) is 5.72. The summed E-state index contributed by atoms with van der Waals surface area (Å²) in [5.74, 6) is -1.12. The highest BCUT2D eigenvalue weighted by molar-refractivity contribution is 7.12. The second-order valence-corrected chi connectivity index (χ2v) is 5.32. The van der Waals surface area contributed by atoms with Crippen LogP contribution in [0.5, 0.6) is 0 Å². The second kappa shape index (κ2) is 4.67. The number of aromatic nitrogens is 3. The van der Waals surface area contributed by atoms with E-state index >= 15 is 0 Å². The van der Waals surface area contributed by atoms with E-state index in [2.05, 4.69) is 10.2 Å². The monoisotopic (exact) mass is 296 g/mol. The smallest absolute Gasteiger partial charge is 0.328 e. The number of hydrogen-bond donors (Lipinski definition) is 1. The summed E-state index contributed by atoms with van der Waals surface area (Å²) in [4.78, 5) is 25.0. The maximum absolute atomic E-state index is 13.0. The van der Waals surface area contributed by atoms with E-state index in [1.165, 1.54) is 23.4 Å². The van der Waals surface area contributed by atoms with Crippen molar-refractivity contribution in [1.29, 1.82) is 0 Å². The van der Waals surface area contributed by atoms with Gasteiger partial charge in [0.2, 0.25) is 0 Å². The summed E-state index contributed by atoms with van der Waals surface area (Å²) in [5.41, 5.74) is 0. The van der Waals surface area contributed by atoms with Crippen LogP contribution in [-0.4, -0.2) is 42.7 Å². The van der Waals surface area contributed by atoms with Crippen LogP contribution in [0.4, 0.5) is 4.39 Å². The summed E-state index contributed by atoms with van der Waals surface area (Å²) in [6.45, 7) is 0.118. The number of carboxylic acid groups (broad SMARTS) is 1. The van der Waals surface area contributed by atoms with Gasteiger partial charge >= 0.3 is 5.97 Å². The van der Waals surface area contributed by atoms with Gasteiger partial charge in [-0.1, -0.05) is 0 Å². The quantitative estimate of drug-likeness (QED) is 0.876. The Labute approximate surface area is 116 Å². The van der Waals surface area contributed by atoms with E-state index in [-0.39, 0.29) is 18.0 Å². The number of carboxylic acids is 1. The Kier molecular flexibility index (Phi) is 2.97. The van der Waals surface area contributed by atoms with Crippen LogP contribution in [0.3, 0.4) is 0 Å². The van der Waals surface area contributed by atoms with E-state index in [0.717, 1.165) is 0 Å². The maximum atomic E-state index is 13.0. The fraction of sp³-hybridized carbons (Fsp3) is 0.273. The van der Waals surface area contributed by atoms with Crippen molar-refractivity contribution in [1.82, 2.24) is 19.7 Å². The van der Waals surface area contributed by atoms with Gasteiger partial charge in [0.1, 0.15) is 12.4 Å². The lowest BCUT2D eigenvalue weighted by atomic mass is 10.2. The van der Waals surface area contributed by atoms with Crippen LogP contribution in [-0.2, 0) is 17.9 Å². The van der Waals surface area contributed by atoms with Crippen LogP contribution in [0.2, 0.25) is 0 Å². The zero-order valence-electron chi connectivity index (χ0n) is 10.1. The molecule has 0 aliphatic carbocycles. The third-order valence-electron chi connectivity index (χ3n) is 3.08. The van der Waals surface area contributed by atoms with Gasteiger partial charge < -0.3 is 14.6 Å². The van der Waals surface area contributed by atoms with E-state index in [1.54, 1.807) is 4.57 Å². The molecule has 0 saturated heterocycles. The van der Waals surface area contributed by atoms with Crippen LogP contribution in [0, 0.1) is 5.13 Å². The molecule has 0 radical (unpaired) electrons. The topological polar surface area (TPSA) is 88.3 Å². The van der Waals surface area contributed by atoms with Crippen molar-refractivity contribution in [3.05, 3.63) is 34.3 Å². The number of carbonyl (C=O) groups excluding carboxylic acids is 1. The highest BCUT2D eigenvalue weighted by Crippen LogP contribution is 2.22. The number of rotatable bonds is 2. The molecule has 7 nitrogen and oxygen atoms in total. The van der Waals surface area contributed by atoms with Crippen molar-refractivity contribution >= 4 is 23.2 Å². The molecule has 1 aliphatic heterocycles. The van der Waals surface area contributed by atoms with Crippen LogP contribution in [0.1, 0.15) is 15.5 Å². The van der Waals surface area contributed by atoms with Crippen molar-refractivity contribution in [2.24, 2.45) is 0 Å². The first kappa shape index (κ1) is 12.7. The van der Waals surface area contributed by atoms with E-state index < -0.39 is 23.0 Å². The molecule has 1 N–H and O–H groups in total. The maximum Gasteiger partial charge on any atom is 0.328 e. The molecule has 2 aromatic heterocycles. The van der Waals surface area contributed by atoms with Gasteiger partial charge in [-0.15, -0.1) is 21.5 Å². The van der Waals surface area contributed by atoms with Crippen molar-refractivity contribution in [2.45, 2.75) is 19.1 Å². The predicted molar refractivity (Wildman–Crippen MR) is 65.6 cm³/mol. The first-order chi connectivity index (χ1) is 9.56. The van der Waals surface area contributed by atoms with Gasteiger partial charge in [0.25, 0.3) is 5.91 Å². The molecule has 0 aromatic carbocycles. The number of fused-ring (bicyclic) bond motifs is 1. The molecule has 0 fully saturated rings. The number of nitrogens with zero attached hydrogens (tertiary/aromatic N) is 4. The Morgan fingerprint density at radius 3 is 2.90 bits per heavy atom. The van der Waals surface area contributed by atoms with Gasteiger partial charge in [0.05, 0.1) is 18.0 Å². The molecule has 9 heteroatoms. The number of halogens is 1. The lowest BCUT2D eigenvalue weighted by Crippen LogP contribution is -2.50. The SMILES string of the molecule is O=C(O)C1Cn2cnnc2CN1C(=O)c1ccc(F)s1. The normalized spacial score (nSPS) is 17.9. The Morgan fingerprint density at radius 2 is 2.25 bits per heavy atom. The summed E-state index contributed by atoms with van der Waals surface area (Å²) in [5, 5.41) is 16.3. The van der Waals surface area contributed by atoms with Gasteiger partial charge in [-0.3, -0.25) is 4.79 Å². The summed E-state index contributed by atoms with van der Waals surface area (Å²) >= 11 is 0.693. The Bertz CT molecular complexity index is 683. The molecule has 3 heterocycles. The largest absolute Gasteiger partial charge is 0.480 e. The van der Waals surface area contributed by atoms with E-state index in [1.807, 2.05) is 0 Å². The molecule has 0 saturated carbocycles. The number of carbonyl (C=O) groups is 2. The third-order valence-corrected chi connectivity index (χ3v) is 3.94. The fourth-order valence-corrected chi connectivity index (χ4v) is 2.78. The lowest BCUT2D eigenvalue weighted by molar-refractivity contribution is -0.143. The summed E-state index contributed by atoms with van der Waals surface area (Å²) in [7, 11) is 0. The predicted octanol–water partition coefficient (Wildman–Crippen LogP) is 0.588. The summed E-state index contributed by atoms with van der Waals surface area (Å²) in [6, 6.07) is 1.51. The number of thiophene rings is 1. The molecule has 20 heavy (non-hydrogen) atoms. The zero-order chi connectivity index (χ0) is 14.3. The Hall–Kier alpha value is -2.29. The highest BCUT2D eigenvalue weighted by atomic mass is 32.1. The highest BCUT2D eigenvalue weighted by Gasteiger charge is 2.36. The van der Waals surface area contributed by atoms with E-state index in [9.17, 15) is 19.1 Å². The van der Waals surface area contributed by atoms with Crippen LogP contribution >= 0.6 is 11.3 Å². The average molecular weight is 296 g/mol. The fourth-order valence-electron chi connectivity index (χ4n) is 2.10. The molecule has 3 rings (SSSR count). The second-order valence-electron chi connectivity index (χ2n) is 4.29. The molecule has 1 atom stereocenters. The molecule has 1 unspecified atom stereocenters. The minimum Gasteiger partial charge on any atom is -0.480 e.